The zero-order chi connectivity index (χ0) is 16.9. The molecule has 2 aromatic rings. The fourth-order valence-corrected chi connectivity index (χ4v) is 3.31. The molecule has 1 atom stereocenters. The molecule has 1 aliphatic rings. The molecule has 2 heterocycles. The van der Waals surface area contributed by atoms with Crippen molar-refractivity contribution in [3.8, 4) is 0 Å². The summed E-state index contributed by atoms with van der Waals surface area (Å²) in [5.41, 5.74) is 3.58. The lowest BCUT2D eigenvalue weighted by Gasteiger charge is -2.25. The highest BCUT2D eigenvalue weighted by Gasteiger charge is 2.20. The number of benzene rings is 1. The van der Waals surface area contributed by atoms with Gasteiger partial charge in [-0.05, 0) is 44.4 Å². The second-order valence-corrected chi connectivity index (χ2v) is 6.50. The molecule has 0 spiro atoms. The topological polar surface area (TPSA) is 30.3 Å². The molecule has 1 saturated heterocycles. The number of aryl methyl sites for hydroxylation is 1. The van der Waals surface area contributed by atoms with E-state index in [1.807, 2.05) is 23.0 Å². The van der Waals surface area contributed by atoms with Crippen LogP contribution in [0.4, 0.5) is 4.39 Å². The zero-order valence-electron chi connectivity index (χ0n) is 14.5. The molecular formula is C19H26FN3O. The number of halogens is 1. The Labute approximate surface area is 143 Å². The Balaban J connectivity index is 1.72. The fraction of sp³-hybridized carbons (Fsp3) is 0.526. The standard InChI is InChI=1S/C19H26FN3O/c1-3-23-15(2)17(11-21-23)13-22(14-19-5-4-10-24-19)12-16-6-8-18(20)9-7-16/h6-9,11,19H,3-5,10,12-14H2,1-2H3. The molecule has 1 unspecified atom stereocenters. The second-order valence-electron chi connectivity index (χ2n) is 6.50. The van der Waals surface area contributed by atoms with Crippen LogP contribution in [0.2, 0.25) is 0 Å². The molecule has 1 aromatic carbocycles. The van der Waals surface area contributed by atoms with E-state index < -0.39 is 0 Å². The van der Waals surface area contributed by atoms with Gasteiger partial charge in [-0.15, -0.1) is 0 Å². The van der Waals surface area contributed by atoms with E-state index in [0.717, 1.165) is 51.2 Å². The van der Waals surface area contributed by atoms with E-state index in [9.17, 15) is 4.39 Å². The third-order valence-electron chi connectivity index (χ3n) is 4.70. The average molecular weight is 331 g/mol. The molecule has 1 aromatic heterocycles. The molecule has 130 valence electrons. The first-order valence-electron chi connectivity index (χ1n) is 8.75. The average Bonchev–Trinajstić information content (AvgIpc) is 3.20. The normalized spacial score (nSPS) is 17.8. The quantitative estimate of drug-likeness (QED) is 0.777. The third-order valence-corrected chi connectivity index (χ3v) is 4.70. The van der Waals surface area contributed by atoms with E-state index >= 15 is 0 Å². The van der Waals surface area contributed by atoms with Crippen molar-refractivity contribution in [2.24, 2.45) is 0 Å². The number of nitrogens with zero attached hydrogens (tertiary/aromatic N) is 3. The molecule has 24 heavy (non-hydrogen) atoms. The van der Waals surface area contributed by atoms with Gasteiger partial charge in [0.1, 0.15) is 5.82 Å². The summed E-state index contributed by atoms with van der Waals surface area (Å²) in [5, 5.41) is 4.45. The van der Waals surface area contributed by atoms with Crippen LogP contribution in [0.1, 0.15) is 36.6 Å². The fourth-order valence-electron chi connectivity index (χ4n) is 3.31. The maximum Gasteiger partial charge on any atom is 0.123 e. The van der Waals surface area contributed by atoms with Crippen molar-refractivity contribution >= 4 is 0 Å². The number of hydrogen-bond acceptors (Lipinski definition) is 3. The van der Waals surface area contributed by atoms with Gasteiger partial charge in [0.25, 0.3) is 0 Å². The number of rotatable bonds is 7. The molecule has 3 rings (SSSR count). The van der Waals surface area contributed by atoms with Gasteiger partial charge in [0.15, 0.2) is 0 Å². The highest BCUT2D eigenvalue weighted by atomic mass is 19.1. The maximum absolute atomic E-state index is 13.1. The predicted molar refractivity (Wildman–Crippen MR) is 92.1 cm³/mol. The van der Waals surface area contributed by atoms with Gasteiger partial charge in [-0.2, -0.15) is 5.10 Å². The molecular weight excluding hydrogens is 305 g/mol. The van der Waals surface area contributed by atoms with Crippen LogP contribution >= 0.6 is 0 Å². The molecule has 0 aliphatic carbocycles. The molecule has 0 radical (unpaired) electrons. The van der Waals surface area contributed by atoms with Crippen LogP contribution in [0.25, 0.3) is 0 Å². The van der Waals surface area contributed by atoms with E-state index in [1.54, 1.807) is 0 Å². The Bertz CT molecular complexity index is 647. The Morgan fingerprint density at radius 2 is 2.08 bits per heavy atom. The van der Waals surface area contributed by atoms with Gasteiger partial charge in [-0.3, -0.25) is 9.58 Å². The largest absolute Gasteiger partial charge is 0.377 e. The highest BCUT2D eigenvalue weighted by Crippen LogP contribution is 2.18. The van der Waals surface area contributed by atoms with Gasteiger partial charge >= 0.3 is 0 Å². The highest BCUT2D eigenvalue weighted by molar-refractivity contribution is 5.18. The zero-order valence-corrected chi connectivity index (χ0v) is 14.5. The summed E-state index contributed by atoms with van der Waals surface area (Å²) in [6.45, 7) is 8.49. The van der Waals surface area contributed by atoms with Crippen molar-refractivity contribution in [1.29, 1.82) is 0 Å². The lowest BCUT2D eigenvalue weighted by molar-refractivity contribution is 0.0678. The molecule has 0 N–H and O–H groups in total. The summed E-state index contributed by atoms with van der Waals surface area (Å²) in [6.07, 6.45) is 4.52. The maximum atomic E-state index is 13.1. The summed E-state index contributed by atoms with van der Waals surface area (Å²) < 4.78 is 21.0. The SMILES string of the molecule is CCn1ncc(CN(Cc2ccc(F)cc2)CC2CCCO2)c1C. The van der Waals surface area contributed by atoms with Crippen molar-refractivity contribution in [3.63, 3.8) is 0 Å². The summed E-state index contributed by atoms with van der Waals surface area (Å²) >= 11 is 0. The lowest BCUT2D eigenvalue weighted by atomic mass is 10.1. The van der Waals surface area contributed by atoms with Crippen LogP contribution in [-0.4, -0.2) is 33.9 Å². The van der Waals surface area contributed by atoms with E-state index in [-0.39, 0.29) is 5.82 Å². The van der Waals surface area contributed by atoms with Gasteiger partial charge in [0.05, 0.1) is 12.3 Å². The van der Waals surface area contributed by atoms with Crippen molar-refractivity contribution in [2.45, 2.75) is 52.4 Å². The van der Waals surface area contributed by atoms with Gasteiger partial charge in [0, 0.05) is 44.0 Å². The first kappa shape index (κ1) is 17.1. The van der Waals surface area contributed by atoms with Gasteiger partial charge < -0.3 is 4.74 Å². The first-order chi connectivity index (χ1) is 11.7. The van der Waals surface area contributed by atoms with Crippen molar-refractivity contribution in [3.05, 3.63) is 53.1 Å². The van der Waals surface area contributed by atoms with Crippen LogP contribution < -0.4 is 0 Å². The van der Waals surface area contributed by atoms with Gasteiger partial charge in [-0.1, -0.05) is 12.1 Å². The molecule has 0 saturated carbocycles. The van der Waals surface area contributed by atoms with Crippen LogP contribution in [0, 0.1) is 12.7 Å². The molecule has 0 amide bonds. The summed E-state index contributed by atoms with van der Waals surface area (Å²) in [5.74, 6) is -0.190. The minimum atomic E-state index is -0.190. The van der Waals surface area contributed by atoms with Crippen LogP contribution in [0.5, 0.6) is 0 Å². The number of aromatic nitrogens is 2. The molecule has 1 aliphatic heterocycles. The Hall–Kier alpha value is -1.72. The first-order valence-corrected chi connectivity index (χ1v) is 8.75. The van der Waals surface area contributed by atoms with Crippen LogP contribution in [-0.2, 0) is 24.4 Å². The smallest absolute Gasteiger partial charge is 0.123 e. The van der Waals surface area contributed by atoms with Crippen molar-refractivity contribution in [2.75, 3.05) is 13.2 Å². The van der Waals surface area contributed by atoms with E-state index in [1.165, 1.54) is 23.4 Å². The summed E-state index contributed by atoms with van der Waals surface area (Å²) in [6, 6.07) is 6.78. The molecule has 0 bridgehead atoms. The predicted octanol–water partition coefficient (Wildman–Crippen LogP) is 3.53. The Kier molecular flexibility index (Phi) is 5.63. The Morgan fingerprint density at radius 3 is 2.71 bits per heavy atom. The van der Waals surface area contributed by atoms with Gasteiger partial charge in [0.2, 0.25) is 0 Å². The van der Waals surface area contributed by atoms with E-state index in [2.05, 4.69) is 23.8 Å². The Morgan fingerprint density at radius 1 is 1.29 bits per heavy atom. The lowest BCUT2D eigenvalue weighted by Crippen LogP contribution is -2.31. The second kappa shape index (κ2) is 7.90. The minimum absolute atomic E-state index is 0.190. The van der Waals surface area contributed by atoms with Crippen molar-refractivity contribution in [1.82, 2.24) is 14.7 Å². The molecule has 1 fully saturated rings. The summed E-state index contributed by atoms with van der Waals surface area (Å²) in [7, 11) is 0. The minimum Gasteiger partial charge on any atom is -0.377 e. The third kappa shape index (κ3) is 4.22. The number of ether oxygens (including phenoxy) is 1. The molecule has 4 nitrogen and oxygen atoms in total. The van der Waals surface area contributed by atoms with E-state index in [0.29, 0.717) is 6.10 Å². The van der Waals surface area contributed by atoms with E-state index in [4.69, 9.17) is 4.74 Å². The molecule has 5 heteroatoms. The van der Waals surface area contributed by atoms with Crippen molar-refractivity contribution < 1.29 is 9.13 Å². The monoisotopic (exact) mass is 331 g/mol. The summed E-state index contributed by atoms with van der Waals surface area (Å²) in [4.78, 5) is 2.38. The van der Waals surface area contributed by atoms with Gasteiger partial charge in [-0.25, -0.2) is 4.39 Å². The van der Waals surface area contributed by atoms with Crippen LogP contribution in [0.3, 0.4) is 0 Å². The van der Waals surface area contributed by atoms with Crippen LogP contribution in [0.15, 0.2) is 30.5 Å². The number of hydrogen-bond donors (Lipinski definition) is 0.